The lowest BCUT2D eigenvalue weighted by Crippen LogP contribution is -2.83. The third-order valence-electron chi connectivity index (χ3n) is 7.04. The second kappa shape index (κ2) is 10.2. The van der Waals surface area contributed by atoms with Crippen molar-refractivity contribution in [3.8, 4) is 0 Å². The molecular weight excluding hydrogens is 436 g/mol. The van der Waals surface area contributed by atoms with Gasteiger partial charge in [-0.25, -0.2) is 15.0 Å². The topological polar surface area (TPSA) is 41.9 Å². The molecule has 0 atom stereocenters. The van der Waals surface area contributed by atoms with E-state index >= 15 is 0 Å². The van der Waals surface area contributed by atoms with Gasteiger partial charge < -0.3 is 4.23 Å². The summed E-state index contributed by atoms with van der Waals surface area (Å²) in [5.74, 6) is 0.811. The summed E-state index contributed by atoms with van der Waals surface area (Å²) in [6.07, 6.45) is 3.30. The molecule has 0 spiro atoms. The molecule has 0 unspecified atom stereocenters. The lowest BCUT2D eigenvalue weighted by atomic mass is 10.3. The fraction of sp³-hybridized carbons (Fsp3) is 0.222. The van der Waals surface area contributed by atoms with Crippen LogP contribution >= 0.6 is 0 Å². The van der Waals surface area contributed by atoms with Crippen molar-refractivity contribution in [3.63, 3.8) is 0 Å². The summed E-state index contributed by atoms with van der Waals surface area (Å²) in [5, 5.41) is 4.07. The van der Waals surface area contributed by atoms with Crippen LogP contribution < -0.4 is 19.8 Å². The molecule has 0 saturated heterocycles. The van der Waals surface area contributed by atoms with Crippen molar-refractivity contribution in [1.82, 2.24) is 15.0 Å². The number of hydrogen-bond donors (Lipinski definition) is 0. The van der Waals surface area contributed by atoms with E-state index in [4.69, 9.17) is 9.97 Å². The Morgan fingerprint density at radius 2 is 0.939 bits per heavy atom. The van der Waals surface area contributed by atoms with Crippen LogP contribution in [0.4, 0.5) is 5.95 Å². The van der Waals surface area contributed by atoms with E-state index in [-0.39, 0.29) is 0 Å². The maximum atomic E-state index is 4.80. The van der Waals surface area contributed by atoms with Gasteiger partial charge in [0.05, 0.1) is 0 Å². The number of benzene rings is 3. The van der Waals surface area contributed by atoms with Crippen LogP contribution in [0, 0.1) is 0 Å². The average molecular weight is 469 g/mol. The van der Waals surface area contributed by atoms with Gasteiger partial charge in [-0.15, -0.1) is 0 Å². The molecular formula is C27H32N4Si2. The van der Waals surface area contributed by atoms with Gasteiger partial charge in [-0.1, -0.05) is 112 Å². The summed E-state index contributed by atoms with van der Waals surface area (Å²) in [7, 11) is -4.78. The Kier molecular flexibility index (Phi) is 7.15. The summed E-state index contributed by atoms with van der Waals surface area (Å²) in [6, 6.07) is 36.6. The lowest BCUT2D eigenvalue weighted by molar-refractivity contribution is 1.01. The van der Waals surface area contributed by atoms with Crippen molar-refractivity contribution in [2.45, 2.75) is 38.9 Å². The van der Waals surface area contributed by atoms with Crippen LogP contribution in [-0.4, -0.2) is 31.4 Å². The fourth-order valence-electron chi connectivity index (χ4n) is 5.22. The van der Waals surface area contributed by atoms with Crippen molar-refractivity contribution in [1.29, 1.82) is 0 Å². The highest BCUT2D eigenvalue weighted by atomic mass is 28.4. The SMILES string of the molecule is CC[Si](CC)(CC)N(c1ncncn1)[Si](c1ccccc1)(c1ccccc1)c1ccccc1. The monoisotopic (exact) mass is 468 g/mol. The van der Waals surface area contributed by atoms with E-state index in [0.717, 1.165) is 24.1 Å². The lowest BCUT2D eigenvalue weighted by Gasteiger charge is -2.53. The summed E-state index contributed by atoms with van der Waals surface area (Å²) in [4.78, 5) is 13.8. The van der Waals surface area contributed by atoms with Crippen LogP contribution in [-0.2, 0) is 0 Å². The molecule has 3 aromatic carbocycles. The first-order valence-electron chi connectivity index (χ1n) is 11.8. The van der Waals surface area contributed by atoms with Crippen LogP contribution in [0.2, 0.25) is 18.1 Å². The van der Waals surface area contributed by atoms with E-state index in [1.54, 1.807) is 12.7 Å². The van der Waals surface area contributed by atoms with Gasteiger partial charge >= 0.3 is 0 Å². The molecule has 0 amide bonds. The second-order valence-electron chi connectivity index (χ2n) is 8.37. The molecule has 0 aliphatic heterocycles. The molecule has 4 nitrogen and oxygen atoms in total. The first-order chi connectivity index (χ1) is 16.2. The van der Waals surface area contributed by atoms with Gasteiger partial charge in [0.1, 0.15) is 12.7 Å². The zero-order valence-corrected chi connectivity index (χ0v) is 21.7. The van der Waals surface area contributed by atoms with Gasteiger partial charge in [0, 0.05) is 0 Å². The Labute approximate surface area is 199 Å². The zero-order chi connectivity index (χ0) is 23.2. The second-order valence-corrected chi connectivity index (χ2v) is 17.4. The average Bonchev–Trinajstić information content (AvgIpc) is 2.91. The molecule has 168 valence electrons. The van der Waals surface area contributed by atoms with E-state index in [1.165, 1.54) is 15.6 Å². The van der Waals surface area contributed by atoms with E-state index in [1.807, 2.05) is 0 Å². The molecule has 0 radical (unpaired) electrons. The van der Waals surface area contributed by atoms with Crippen molar-refractivity contribution in [2.75, 3.05) is 4.23 Å². The summed E-state index contributed by atoms with van der Waals surface area (Å²) < 4.78 is 2.75. The minimum atomic E-state index is -2.75. The Morgan fingerprint density at radius 1 is 0.576 bits per heavy atom. The van der Waals surface area contributed by atoms with Crippen LogP contribution in [0.15, 0.2) is 104 Å². The summed E-state index contributed by atoms with van der Waals surface area (Å²) in [5.41, 5.74) is 0. The van der Waals surface area contributed by atoms with E-state index < -0.39 is 16.5 Å². The van der Waals surface area contributed by atoms with Gasteiger partial charge in [0.2, 0.25) is 14.2 Å². The summed E-state index contributed by atoms with van der Waals surface area (Å²) in [6.45, 7) is 7.06. The highest BCUT2D eigenvalue weighted by Crippen LogP contribution is 2.33. The molecule has 0 saturated carbocycles. The smallest absolute Gasteiger partial charge is 0.247 e. The van der Waals surface area contributed by atoms with Crippen LogP contribution in [0.1, 0.15) is 20.8 Å². The van der Waals surface area contributed by atoms with Crippen molar-refractivity contribution in [3.05, 3.63) is 104 Å². The first kappa shape index (κ1) is 23.1. The predicted molar refractivity (Wildman–Crippen MR) is 143 cm³/mol. The Bertz CT molecular complexity index is 1020. The van der Waals surface area contributed by atoms with Gasteiger partial charge in [0.25, 0.3) is 0 Å². The molecule has 0 aliphatic rings. The van der Waals surface area contributed by atoms with Crippen molar-refractivity contribution < 1.29 is 0 Å². The van der Waals surface area contributed by atoms with E-state index in [0.29, 0.717) is 0 Å². The number of hydrogen-bond acceptors (Lipinski definition) is 4. The molecule has 1 heterocycles. The third kappa shape index (κ3) is 4.05. The normalized spacial score (nSPS) is 11.8. The third-order valence-corrected chi connectivity index (χ3v) is 18.9. The molecule has 4 rings (SSSR count). The molecule has 6 heteroatoms. The Hall–Kier alpha value is -3.10. The highest BCUT2D eigenvalue weighted by molar-refractivity contribution is 7.21. The van der Waals surface area contributed by atoms with Crippen molar-refractivity contribution >= 4 is 38.0 Å². The van der Waals surface area contributed by atoms with E-state index in [9.17, 15) is 0 Å². The van der Waals surface area contributed by atoms with Crippen molar-refractivity contribution in [2.24, 2.45) is 0 Å². The van der Waals surface area contributed by atoms with Gasteiger partial charge in [-0.2, -0.15) is 0 Å². The summed E-state index contributed by atoms with van der Waals surface area (Å²) >= 11 is 0. The number of rotatable bonds is 9. The quantitative estimate of drug-likeness (QED) is 0.271. The van der Waals surface area contributed by atoms with Gasteiger partial charge in [-0.05, 0) is 33.7 Å². The van der Waals surface area contributed by atoms with E-state index in [2.05, 4.69) is 121 Å². The molecule has 0 fully saturated rings. The van der Waals surface area contributed by atoms with Crippen LogP contribution in [0.5, 0.6) is 0 Å². The molecule has 1 aromatic heterocycles. The van der Waals surface area contributed by atoms with Crippen LogP contribution in [0.25, 0.3) is 0 Å². The molecule has 4 aromatic rings. The minimum absolute atomic E-state index is 0.811. The number of anilines is 1. The molecule has 0 bridgehead atoms. The Balaban J connectivity index is 2.21. The predicted octanol–water partition coefficient (Wildman–Crippen LogP) is 4.35. The highest BCUT2D eigenvalue weighted by Gasteiger charge is 2.54. The molecule has 0 N–H and O–H groups in total. The first-order valence-corrected chi connectivity index (χ1v) is 16.3. The van der Waals surface area contributed by atoms with Gasteiger partial charge in [0.15, 0.2) is 8.24 Å². The molecule has 0 aliphatic carbocycles. The molecule has 33 heavy (non-hydrogen) atoms. The fourth-order valence-corrected chi connectivity index (χ4v) is 17.9. The maximum absolute atomic E-state index is 4.80. The number of nitrogens with zero attached hydrogens (tertiary/aromatic N) is 4. The number of aromatic nitrogens is 3. The largest absolute Gasteiger partial charge is 0.382 e. The minimum Gasteiger partial charge on any atom is -0.382 e. The zero-order valence-electron chi connectivity index (χ0n) is 19.7. The Morgan fingerprint density at radius 3 is 1.27 bits per heavy atom. The van der Waals surface area contributed by atoms with Gasteiger partial charge in [-0.3, -0.25) is 0 Å². The van der Waals surface area contributed by atoms with Crippen LogP contribution in [0.3, 0.4) is 0 Å². The standard InChI is InChI=1S/C27H32N4Si2/c1-4-32(5-2,6-3)31(27-29-22-28-23-30-27)33(24-16-10-7-11-17-24,25-18-12-8-13-19-25)26-20-14-9-15-21-26/h7-23H,4-6H2,1-3H3. The maximum Gasteiger partial charge on any atom is 0.247 e.